The van der Waals surface area contributed by atoms with Crippen molar-refractivity contribution in [1.29, 1.82) is 0 Å². The topological polar surface area (TPSA) is 64.3 Å². The lowest BCUT2D eigenvalue weighted by Gasteiger charge is -2.19. The number of nitrogen functional groups attached to an aromatic ring is 1. The molecule has 0 aliphatic heterocycles. The molecule has 4 nitrogen and oxygen atoms in total. The number of carbonyl (C=O) groups excluding carboxylic acids is 1. The van der Waals surface area contributed by atoms with Gasteiger partial charge in [-0.15, -0.1) is 0 Å². The number of methoxy groups -OCH3 is 1. The molecule has 0 saturated heterocycles. The van der Waals surface area contributed by atoms with Crippen molar-refractivity contribution in [2.24, 2.45) is 0 Å². The fourth-order valence-corrected chi connectivity index (χ4v) is 2.36. The van der Waals surface area contributed by atoms with Crippen molar-refractivity contribution in [3.8, 4) is 0 Å². The predicted octanol–water partition coefficient (Wildman–Crippen LogP) is 3.36. The molecule has 0 saturated carbocycles. The lowest BCUT2D eigenvalue weighted by atomic mass is 10.1. The normalized spacial score (nSPS) is 11.7. The van der Waals surface area contributed by atoms with E-state index in [0.29, 0.717) is 5.69 Å². The van der Waals surface area contributed by atoms with E-state index in [9.17, 15) is 4.79 Å². The molecule has 0 fully saturated rings. The summed E-state index contributed by atoms with van der Waals surface area (Å²) in [5.74, 6) is -0.347. The molecular weight excluding hydrogens is 320 g/mol. The van der Waals surface area contributed by atoms with Crippen LogP contribution in [-0.2, 0) is 9.53 Å². The van der Waals surface area contributed by atoms with Crippen LogP contribution in [0.15, 0.2) is 53.0 Å². The number of carbonyl (C=O) groups is 1. The predicted molar refractivity (Wildman–Crippen MR) is 83.4 cm³/mol. The molecule has 5 heteroatoms. The van der Waals surface area contributed by atoms with Gasteiger partial charge in [-0.3, -0.25) is 0 Å². The van der Waals surface area contributed by atoms with E-state index in [4.69, 9.17) is 10.5 Å². The molecule has 0 amide bonds. The van der Waals surface area contributed by atoms with Crippen molar-refractivity contribution < 1.29 is 9.53 Å². The van der Waals surface area contributed by atoms with Crippen molar-refractivity contribution in [1.82, 2.24) is 0 Å². The van der Waals surface area contributed by atoms with Gasteiger partial charge in [0.15, 0.2) is 6.04 Å². The van der Waals surface area contributed by atoms with Crippen LogP contribution in [0.1, 0.15) is 11.6 Å². The Kier molecular flexibility index (Phi) is 4.63. The van der Waals surface area contributed by atoms with E-state index in [1.807, 2.05) is 36.4 Å². The molecule has 0 heterocycles. The van der Waals surface area contributed by atoms with E-state index in [1.165, 1.54) is 7.11 Å². The SMILES string of the molecule is COC(=O)C(Nc1ccc(N)cc1Br)c1ccccc1. The number of halogens is 1. The molecule has 0 aliphatic rings. The Morgan fingerprint density at radius 3 is 2.55 bits per heavy atom. The van der Waals surface area contributed by atoms with Crippen molar-refractivity contribution >= 4 is 33.3 Å². The second kappa shape index (κ2) is 6.43. The van der Waals surface area contributed by atoms with Crippen LogP contribution in [-0.4, -0.2) is 13.1 Å². The van der Waals surface area contributed by atoms with Gasteiger partial charge in [0.1, 0.15) is 0 Å². The first-order valence-electron chi connectivity index (χ1n) is 6.06. The minimum Gasteiger partial charge on any atom is -0.467 e. The summed E-state index contributed by atoms with van der Waals surface area (Å²) in [6, 6.07) is 14.2. The Morgan fingerprint density at radius 2 is 1.95 bits per heavy atom. The van der Waals surface area contributed by atoms with Gasteiger partial charge in [-0.1, -0.05) is 30.3 Å². The van der Waals surface area contributed by atoms with Gasteiger partial charge in [-0.05, 0) is 39.7 Å². The molecule has 0 spiro atoms. The zero-order chi connectivity index (χ0) is 14.5. The quantitative estimate of drug-likeness (QED) is 0.664. The van der Waals surface area contributed by atoms with Crippen molar-refractivity contribution in [2.45, 2.75) is 6.04 Å². The summed E-state index contributed by atoms with van der Waals surface area (Å²) in [7, 11) is 1.37. The molecule has 2 aromatic rings. The number of benzene rings is 2. The van der Waals surface area contributed by atoms with Gasteiger partial charge < -0.3 is 15.8 Å². The van der Waals surface area contributed by atoms with Gasteiger partial charge in [-0.25, -0.2) is 4.79 Å². The summed E-state index contributed by atoms with van der Waals surface area (Å²) in [5, 5.41) is 3.16. The van der Waals surface area contributed by atoms with Crippen LogP contribution in [0.3, 0.4) is 0 Å². The van der Waals surface area contributed by atoms with Crippen molar-refractivity contribution in [2.75, 3.05) is 18.2 Å². The molecule has 0 aromatic heterocycles. The molecule has 3 N–H and O–H groups in total. The molecular formula is C15H15BrN2O2. The second-order valence-corrected chi connectivity index (χ2v) is 5.10. The van der Waals surface area contributed by atoms with Gasteiger partial charge in [0.2, 0.25) is 0 Å². The van der Waals surface area contributed by atoms with Gasteiger partial charge in [0.25, 0.3) is 0 Å². The number of nitrogens with two attached hydrogens (primary N) is 1. The van der Waals surface area contributed by atoms with Gasteiger partial charge in [0, 0.05) is 15.8 Å². The number of esters is 1. The molecule has 2 aromatic carbocycles. The van der Waals surface area contributed by atoms with Gasteiger partial charge >= 0.3 is 5.97 Å². The Hall–Kier alpha value is -2.01. The summed E-state index contributed by atoms with van der Waals surface area (Å²) in [6.07, 6.45) is 0. The molecule has 2 rings (SSSR count). The van der Waals surface area contributed by atoms with Crippen LogP contribution in [0.2, 0.25) is 0 Å². The fraction of sp³-hybridized carbons (Fsp3) is 0.133. The number of hydrogen-bond acceptors (Lipinski definition) is 4. The number of anilines is 2. The fourth-order valence-electron chi connectivity index (χ4n) is 1.85. The molecule has 1 unspecified atom stereocenters. The van der Waals surface area contributed by atoms with Gasteiger partial charge in [0.05, 0.1) is 7.11 Å². The summed E-state index contributed by atoms with van der Waals surface area (Å²) in [4.78, 5) is 12.0. The highest BCUT2D eigenvalue weighted by molar-refractivity contribution is 9.10. The first kappa shape index (κ1) is 14.4. The highest BCUT2D eigenvalue weighted by Crippen LogP contribution is 2.29. The average Bonchev–Trinajstić information content (AvgIpc) is 2.46. The Morgan fingerprint density at radius 1 is 1.25 bits per heavy atom. The number of nitrogens with one attached hydrogen (secondary N) is 1. The summed E-state index contributed by atoms with van der Waals surface area (Å²) in [6.45, 7) is 0. The average molecular weight is 335 g/mol. The number of rotatable bonds is 4. The van der Waals surface area contributed by atoms with E-state index in [0.717, 1.165) is 15.7 Å². The third kappa shape index (κ3) is 3.30. The van der Waals surface area contributed by atoms with E-state index in [2.05, 4.69) is 21.2 Å². The second-order valence-electron chi connectivity index (χ2n) is 4.25. The lowest BCUT2D eigenvalue weighted by Crippen LogP contribution is -2.22. The Balaban J connectivity index is 2.31. The van der Waals surface area contributed by atoms with Crippen molar-refractivity contribution in [3.63, 3.8) is 0 Å². The zero-order valence-electron chi connectivity index (χ0n) is 11.0. The van der Waals surface area contributed by atoms with E-state index >= 15 is 0 Å². The Labute approximate surface area is 126 Å². The molecule has 0 bridgehead atoms. The monoisotopic (exact) mass is 334 g/mol. The standard InChI is InChI=1S/C15H15BrN2O2/c1-20-15(19)14(10-5-3-2-4-6-10)18-13-8-7-11(17)9-12(13)16/h2-9,14,18H,17H2,1H3. The largest absolute Gasteiger partial charge is 0.467 e. The van der Waals surface area contributed by atoms with Crippen LogP contribution in [0.25, 0.3) is 0 Å². The molecule has 104 valence electrons. The number of ether oxygens (including phenoxy) is 1. The highest BCUT2D eigenvalue weighted by atomic mass is 79.9. The summed E-state index contributed by atoms with van der Waals surface area (Å²) in [5.41, 5.74) is 7.97. The van der Waals surface area contributed by atoms with E-state index in [-0.39, 0.29) is 5.97 Å². The summed E-state index contributed by atoms with van der Waals surface area (Å²) < 4.78 is 5.65. The van der Waals surface area contributed by atoms with E-state index in [1.54, 1.807) is 12.1 Å². The Bertz CT molecular complexity index is 602. The number of hydrogen-bond donors (Lipinski definition) is 2. The smallest absolute Gasteiger partial charge is 0.332 e. The molecule has 0 radical (unpaired) electrons. The van der Waals surface area contributed by atoms with Gasteiger partial charge in [-0.2, -0.15) is 0 Å². The molecule has 1 atom stereocenters. The van der Waals surface area contributed by atoms with Crippen LogP contribution < -0.4 is 11.1 Å². The molecule has 20 heavy (non-hydrogen) atoms. The maximum Gasteiger partial charge on any atom is 0.332 e. The minimum atomic E-state index is -0.568. The molecule has 0 aliphatic carbocycles. The minimum absolute atomic E-state index is 0.347. The van der Waals surface area contributed by atoms with E-state index < -0.39 is 6.04 Å². The summed E-state index contributed by atoms with van der Waals surface area (Å²) >= 11 is 3.42. The maximum atomic E-state index is 12.0. The first-order valence-corrected chi connectivity index (χ1v) is 6.85. The zero-order valence-corrected chi connectivity index (χ0v) is 12.6. The van der Waals surface area contributed by atoms with Crippen LogP contribution >= 0.6 is 15.9 Å². The lowest BCUT2D eigenvalue weighted by molar-refractivity contribution is -0.141. The van der Waals surface area contributed by atoms with Crippen LogP contribution in [0, 0.1) is 0 Å². The first-order chi connectivity index (χ1) is 9.61. The third-order valence-corrected chi connectivity index (χ3v) is 3.52. The highest BCUT2D eigenvalue weighted by Gasteiger charge is 2.21. The van der Waals surface area contributed by atoms with Crippen molar-refractivity contribution in [3.05, 3.63) is 58.6 Å². The maximum absolute atomic E-state index is 12.0. The van der Waals surface area contributed by atoms with Crippen LogP contribution in [0.5, 0.6) is 0 Å². The third-order valence-electron chi connectivity index (χ3n) is 2.86. The van der Waals surface area contributed by atoms with Crippen LogP contribution in [0.4, 0.5) is 11.4 Å².